The molecule has 0 saturated carbocycles. The van der Waals surface area contributed by atoms with Crippen molar-refractivity contribution >= 4 is 5.78 Å². The Balaban J connectivity index is -0.000000445. The van der Waals surface area contributed by atoms with E-state index in [1.807, 2.05) is 20.8 Å². The van der Waals surface area contributed by atoms with Crippen molar-refractivity contribution in [1.29, 1.82) is 0 Å². The van der Waals surface area contributed by atoms with E-state index in [2.05, 4.69) is 33.4 Å². The van der Waals surface area contributed by atoms with E-state index in [1.165, 1.54) is 18.4 Å². The fourth-order valence-corrected chi connectivity index (χ4v) is 1.57. The van der Waals surface area contributed by atoms with Crippen molar-refractivity contribution in [1.82, 2.24) is 0 Å². The largest absolute Gasteiger partial charge is 0.300 e. The predicted octanol–water partition coefficient (Wildman–Crippen LogP) is 6.35. The lowest BCUT2D eigenvalue weighted by Gasteiger charge is -2.11. The van der Waals surface area contributed by atoms with Crippen LogP contribution in [0.4, 0.5) is 0 Å². The van der Waals surface area contributed by atoms with Gasteiger partial charge in [-0.25, -0.2) is 0 Å². The van der Waals surface area contributed by atoms with Gasteiger partial charge in [0.15, 0.2) is 0 Å². The summed E-state index contributed by atoms with van der Waals surface area (Å²) in [5.41, 5.74) is 1.35. The monoisotopic (exact) mass is 268 g/mol. The second kappa shape index (κ2) is 19.5. The van der Waals surface area contributed by atoms with Crippen LogP contribution < -0.4 is 0 Å². The Kier molecular flexibility index (Phi) is 23.9. The van der Waals surface area contributed by atoms with Gasteiger partial charge in [0.25, 0.3) is 0 Å². The van der Waals surface area contributed by atoms with Gasteiger partial charge in [-0.05, 0) is 47.0 Å². The van der Waals surface area contributed by atoms with E-state index in [-0.39, 0.29) is 0 Å². The molecule has 1 heteroatoms. The summed E-state index contributed by atoms with van der Waals surface area (Å²) in [5, 5.41) is 0. The summed E-state index contributed by atoms with van der Waals surface area (Å²) >= 11 is 0. The maximum atomic E-state index is 11.3. The molecule has 0 N–H and O–H groups in total. The minimum Gasteiger partial charge on any atom is -0.300 e. The quantitative estimate of drug-likeness (QED) is 0.492. The third-order valence-electron chi connectivity index (χ3n) is 2.55. The summed E-state index contributed by atoms with van der Waals surface area (Å²) in [6.07, 6.45) is 9.49. The van der Waals surface area contributed by atoms with E-state index in [9.17, 15) is 4.79 Å². The lowest BCUT2D eigenvalue weighted by atomic mass is 9.93. The summed E-state index contributed by atoms with van der Waals surface area (Å²) in [6.45, 7) is 17.4. The number of hydrogen-bond acceptors (Lipinski definition) is 1. The predicted molar refractivity (Wildman–Crippen MR) is 89.6 cm³/mol. The first-order valence-electron chi connectivity index (χ1n) is 7.70. The van der Waals surface area contributed by atoms with Gasteiger partial charge in [0.2, 0.25) is 0 Å². The molecule has 1 nitrogen and oxygen atoms in total. The van der Waals surface area contributed by atoms with Crippen LogP contribution in [0.2, 0.25) is 0 Å². The van der Waals surface area contributed by atoms with Crippen LogP contribution in [0.15, 0.2) is 24.3 Å². The Morgan fingerprint density at radius 2 is 1.63 bits per heavy atom. The molecule has 0 aliphatic rings. The standard InChI is InChI=1S/C13H24O.C3H6.C2H6/c1-5-6-9-13(12(4)14)10-7-8-11(2)3;1-3-2;1-2/h8,13H,5-7,9-10H2,1-4H3;3H,1H2,2H3;1-2H3. The van der Waals surface area contributed by atoms with E-state index in [1.54, 1.807) is 13.0 Å². The smallest absolute Gasteiger partial charge is 0.132 e. The van der Waals surface area contributed by atoms with E-state index in [0.29, 0.717) is 11.7 Å². The molecule has 0 spiro atoms. The van der Waals surface area contributed by atoms with Gasteiger partial charge >= 0.3 is 0 Å². The number of Topliss-reactive ketones (excluding diaryl/α,β-unsaturated/α-hetero) is 1. The van der Waals surface area contributed by atoms with E-state index in [4.69, 9.17) is 0 Å². The Hall–Kier alpha value is -0.850. The summed E-state index contributed by atoms with van der Waals surface area (Å²) in [5.74, 6) is 0.658. The number of rotatable bonds is 7. The zero-order chi connectivity index (χ0) is 15.7. The molecule has 0 saturated heterocycles. The number of unbranched alkanes of at least 4 members (excludes halogenated alkanes) is 1. The Morgan fingerprint density at radius 3 is 1.95 bits per heavy atom. The Morgan fingerprint density at radius 1 is 1.16 bits per heavy atom. The van der Waals surface area contributed by atoms with Crippen LogP contribution in [0.1, 0.15) is 80.6 Å². The highest BCUT2D eigenvalue weighted by atomic mass is 16.1. The molecule has 0 aromatic heterocycles. The lowest BCUT2D eigenvalue weighted by molar-refractivity contribution is -0.121. The summed E-state index contributed by atoms with van der Waals surface area (Å²) in [7, 11) is 0. The van der Waals surface area contributed by atoms with Gasteiger partial charge in [0.1, 0.15) is 5.78 Å². The number of hydrogen-bond donors (Lipinski definition) is 0. The highest BCUT2D eigenvalue weighted by Gasteiger charge is 2.11. The topological polar surface area (TPSA) is 17.1 Å². The van der Waals surface area contributed by atoms with Crippen molar-refractivity contribution in [2.45, 2.75) is 80.6 Å². The van der Waals surface area contributed by atoms with Crippen molar-refractivity contribution in [3.8, 4) is 0 Å². The molecular weight excluding hydrogens is 232 g/mol. The van der Waals surface area contributed by atoms with Gasteiger partial charge in [0, 0.05) is 5.92 Å². The first-order chi connectivity index (χ1) is 8.99. The Bertz CT molecular complexity index is 222. The average Bonchev–Trinajstić information content (AvgIpc) is 2.36. The second-order valence-electron chi connectivity index (χ2n) is 4.72. The Labute approximate surface area is 122 Å². The van der Waals surface area contributed by atoms with Crippen LogP contribution in [-0.2, 0) is 4.79 Å². The van der Waals surface area contributed by atoms with Crippen molar-refractivity contribution in [3.63, 3.8) is 0 Å². The molecule has 0 radical (unpaired) electrons. The van der Waals surface area contributed by atoms with Gasteiger partial charge in [-0.3, -0.25) is 4.79 Å². The minimum absolute atomic E-state index is 0.297. The second-order valence-corrected chi connectivity index (χ2v) is 4.72. The summed E-state index contributed by atoms with van der Waals surface area (Å²) in [6, 6.07) is 0. The van der Waals surface area contributed by atoms with Crippen LogP contribution in [0, 0.1) is 5.92 Å². The molecule has 0 aliphatic carbocycles. The zero-order valence-electron chi connectivity index (χ0n) is 14.4. The maximum Gasteiger partial charge on any atom is 0.132 e. The number of carbonyl (C=O) groups is 1. The third kappa shape index (κ3) is 22.8. The fourth-order valence-electron chi connectivity index (χ4n) is 1.57. The highest BCUT2D eigenvalue weighted by Crippen LogP contribution is 2.16. The number of ketones is 1. The van der Waals surface area contributed by atoms with E-state index >= 15 is 0 Å². The van der Waals surface area contributed by atoms with Crippen LogP contribution in [-0.4, -0.2) is 5.78 Å². The molecule has 0 bridgehead atoms. The molecule has 0 amide bonds. The molecule has 0 heterocycles. The van der Waals surface area contributed by atoms with Crippen molar-refractivity contribution in [2.24, 2.45) is 5.92 Å². The van der Waals surface area contributed by atoms with Crippen LogP contribution in [0.3, 0.4) is 0 Å². The van der Waals surface area contributed by atoms with Crippen LogP contribution in [0.25, 0.3) is 0 Å². The summed E-state index contributed by atoms with van der Waals surface area (Å²) in [4.78, 5) is 11.3. The molecule has 0 fully saturated rings. The zero-order valence-corrected chi connectivity index (χ0v) is 14.4. The molecule has 0 aromatic carbocycles. The molecule has 1 atom stereocenters. The average molecular weight is 268 g/mol. The molecular formula is C18H36O. The number of carbonyl (C=O) groups excluding carboxylic acids is 1. The van der Waals surface area contributed by atoms with E-state index < -0.39 is 0 Å². The molecule has 0 aromatic rings. The minimum atomic E-state index is 0.297. The van der Waals surface area contributed by atoms with Crippen LogP contribution >= 0.6 is 0 Å². The van der Waals surface area contributed by atoms with Gasteiger partial charge in [0.05, 0.1) is 0 Å². The molecule has 0 aliphatic heterocycles. The maximum absolute atomic E-state index is 11.3. The first kappa shape index (κ1) is 23.3. The van der Waals surface area contributed by atoms with Crippen molar-refractivity contribution in [3.05, 3.63) is 24.3 Å². The molecule has 1 unspecified atom stereocenters. The number of allylic oxidation sites excluding steroid dienone is 3. The summed E-state index contributed by atoms with van der Waals surface area (Å²) < 4.78 is 0. The van der Waals surface area contributed by atoms with Gasteiger partial charge in [-0.1, -0.05) is 51.3 Å². The van der Waals surface area contributed by atoms with Crippen molar-refractivity contribution in [2.75, 3.05) is 0 Å². The van der Waals surface area contributed by atoms with Crippen molar-refractivity contribution < 1.29 is 4.79 Å². The van der Waals surface area contributed by atoms with E-state index in [0.717, 1.165) is 19.3 Å². The van der Waals surface area contributed by atoms with Crippen LogP contribution in [0.5, 0.6) is 0 Å². The molecule has 114 valence electrons. The SMILES string of the molecule is C=CC.CC.CCCCC(CCC=C(C)C)C(C)=O. The van der Waals surface area contributed by atoms with Gasteiger partial charge < -0.3 is 0 Å². The fraction of sp³-hybridized carbons (Fsp3) is 0.722. The highest BCUT2D eigenvalue weighted by molar-refractivity contribution is 5.78. The lowest BCUT2D eigenvalue weighted by Crippen LogP contribution is -2.10. The third-order valence-corrected chi connectivity index (χ3v) is 2.55. The first-order valence-corrected chi connectivity index (χ1v) is 7.70. The molecule has 19 heavy (non-hydrogen) atoms. The molecule has 0 rings (SSSR count). The normalized spacial score (nSPS) is 10.1. The van der Waals surface area contributed by atoms with Gasteiger partial charge in [-0.2, -0.15) is 0 Å². The van der Waals surface area contributed by atoms with Gasteiger partial charge in [-0.15, -0.1) is 6.58 Å².